The Labute approximate surface area is 189 Å². The Morgan fingerprint density at radius 2 is 1.93 bits per heavy atom. The highest BCUT2D eigenvalue weighted by Gasteiger charge is 2.18. The van der Waals surface area contributed by atoms with Crippen molar-refractivity contribution >= 4 is 33.5 Å². The van der Waals surface area contributed by atoms with Crippen molar-refractivity contribution in [3.05, 3.63) is 45.7 Å². The molecule has 6 nitrogen and oxygen atoms in total. The molecule has 2 aromatic carbocycles. The predicted octanol–water partition coefficient (Wildman–Crippen LogP) is 6.24. The number of aromatic nitrogens is 3. The number of H-pyrrole nitrogens is 1. The molecule has 0 aliphatic heterocycles. The van der Waals surface area contributed by atoms with Gasteiger partial charge in [-0.2, -0.15) is 4.98 Å². The van der Waals surface area contributed by atoms with Crippen LogP contribution in [0.3, 0.4) is 0 Å². The number of nitrogens with one attached hydrogen (secondary N) is 1. The van der Waals surface area contributed by atoms with E-state index < -0.39 is 0 Å². The molecular formula is C23H24IN3O3. The maximum Gasteiger partial charge on any atom is 0.258 e. The van der Waals surface area contributed by atoms with Crippen molar-refractivity contribution in [1.82, 2.24) is 15.1 Å². The minimum atomic E-state index is 0.448. The van der Waals surface area contributed by atoms with Gasteiger partial charge in [-0.05, 0) is 66.6 Å². The second kappa shape index (κ2) is 9.07. The van der Waals surface area contributed by atoms with Crippen molar-refractivity contribution in [3.63, 3.8) is 0 Å². The first-order valence-corrected chi connectivity index (χ1v) is 11.3. The van der Waals surface area contributed by atoms with Gasteiger partial charge in [0.2, 0.25) is 5.82 Å². The molecule has 0 spiro atoms. The van der Waals surface area contributed by atoms with Crippen LogP contribution in [-0.2, 0) is 6.42 Å². The van der Waals surface area contributed by atoms with Gasteiger partial charge in [0, 0.05) is 22.7 Å². The number of aromatic amines is 1. The Morgan fingerprint density at radius 1 is 1.10 bits per heavy atom. The zero-order valence-electron chi connectivity index (χ0n) is 17.3. The van der Waals surface area contributed by atoms with Crippen molar-refractivity contribution in [1.29, 1.82) is 0 Å². The third-order valence-corrected chi connectivity index (χ3v) is 5.63. The predicted molar refractivity (Wildman–Crippen MR) is 126 cm³/mol. The van der Waals surface area contributed by atoms with Gasteiger partial charge in [-0.1, -0.05) is 30.6 Å². The number of aryl methyl sites for hydroxylation is 1. The van der Waals surface area contributed by atoms with Crippen molar-refractivity contribution in [2.75, 3.05) is 13.2 Å². The molecule has 0 saturated carbocycles. The average Bonchev–Trinajstić information content (AvgIpc) is 3.39. The number of benzene rings is 2. The monoisotopic (exact) mass is 517 g/mol. The smallest absolute Gasteiger partial charge is 0.258 e. The summed E-state index contributed by atoms with van der Waals surface area (Å²) in [4.78, 5) is 8.06. The number of halogens is 1. The number of ether oxygens (including phenoxy) is 2. The summed E-state index contributed by atoms with van der Waals surface area (Å²) in [5.74, 6) is 2.42. The number of nitrogens with zero attached hydrogens (tertiary/aromatic N) is 2. The van der Waals surface area contributed by atoms with Crippen LogP contribution < -0.4 is 9.47 Å². The lowest BCUT2D eigenvalue weighted by Gasteiger charge is -2.13. The molecule has 0 fully saturated rings. The van der Waals surface area contributed by atoms with E-state index in [0.29, 0.717) is 30.7 Å². The van der Waals surface area contributed by atoms with Gasteiger partial charge in [0.05, 0.1) is 22.3 Å². The fourth-order valence-corrected chi connectivity index (χ4v) is 4.32. The van der Waals surface area contributed by atoms with Gasteiger partial charge in [-0.3, -0.25) is 0 Å². The first kappa shape index (κ1) is 20.7. The molecule has 0 saturated heterocycles. The average molecular weight is 517 g/mol. The van der Waals surface area contributed by atoms with Crippen LogP contribution in [0, 0.1) is 3.57 Å². The van der Waals surface area contributed by atoms with E-state index in [1.54, 1.807) is 0 Å². The molecule has 0 aliphatic rings. The number of rotatable bonds is 8. The summed E-state index contributed by atoms with van der Waals surface area (Å²) < 4.78 is 18.1. The van der Waals surface area contributed by atoms with E-state index in [2.05, 4.69) is 56.9 Å². The lowest BCUT2D eigenvalue weighted by molar-refractivity contribution is 0.286. The highest BCUT2D eigenvalue weighted by molar-refractivity contribution is 14.1. The highest BCUT2D eigenvalue weighted by Crippen LogP contribution is 2.38. The summed E-state index contributed by atoms with van der Waals surface area (Å²) in [6, 6.07) is 10.0. The summed E-state index contributed by atoms with van der Waals surface area (Å²) in [7, 11) is 0. The van der Waals surface area contributed by atoms with Gasteiger partial charge >= 0.3 is 0 Å². The molecule has 2 aromatic heterocycles. The zero-order valence-corrected chi connectivity index (χ0v) is 19.4. The molecule has 0 bridgehead atoms. The van der Waals surface area contributed by atoms with E-state index in [-0.39, 0.29) is 0 Å². The molecule has 156 valence electrons. The molecule has 0 unspecified atom stereocenters. The van der Waals surface area contributed by atoms with Crippen LogP contribution in [-0.4, -0.2) is 28.3 Å². The minimum absolute atomic E-state index is 0.448. The SMILES string of the molecule is CCCc1c[nH]c2c(-c3noc(-c4cc(I)c(OCC)c(OCC)c4)n3)cccc12. The van der Waals surface area contributed by atoms with Crippen molar-refractivity contribution in [2.45, 2.75) is 33.6 Å². The quantitative estimate of drug-likeness (QED) is 0.280. The third kappa shape index (κ3) is 3.90. The zero-order chi connectivity index (χ0) is 21.1. The molecule has 1 N–H and O–H groups in total. The number of para-hydroxylation sites is 1. The van der Waals surface area contributed by atoms with Crippen LogP contribution in [0.2, 0.25) is 0 Å². The Morgan fingerprint density at radius 3 is 2.70 bits per heavy atom. The highest BCUT2D eigenvalue weighted by atomic mass is 127. The molecule has 0 aliphatic carbocycles. The van der Waals surface area contributed by atoms with Crippen LogP contribution in [0.4, 0.5) is 0 Å². The lowest BCUT2D eigenvalue weighted by Crippen LogP contribution is -2.00. The minimum Gasteiger partial charge on any atom is -0.490 e. The molecule has 0 amide bonds. The summed E-state index contributed by atoms with van der Waals surface area (Å²) in [5, 5.41) is 5.46. The fourth-order valence-electron chi connectivity index (χ4n) is 3.56. The van der Waals surface area contributed by atoms with Crippen LogP contribution >= 0.6 is 22.6 Å². The van der Waals surface area contributed by atoms with Crippen LogP contribution in [0.25, 0.3) is 33.7 Å². The topological polar surface area (TPSA) is 73.2 Å². The maximum absolute atomic E-state index is 5.78. The van der Waals surface area contributed by atoms with Crippen molar-refractivity contribution in [2.24, 2.45) is 0 Å². The summed E-state index contributed by atoms with van der Waals surface area (Å²) in [6.07, 6.45) is 4.20. The molecule has 7 heteroatoms. The largest absolute Gasteiger partial charge is 0.490 e. The van der Waals surface area contributed by atoms with E-state index >= 15 is 0 Å². The van der Waals surface area contributed by atoms with E-state index in [9.17, 15) is 0 Å². The Bertz CT molecular complexity index is 1170. The molecule has 30 heavy (non-hydrogen) atoms. The number of hydrogen-bond acceptors (Lipinski definition) is 5. The standard InChI is InChI=1S/C23H24IN3O3/c1-4-8-14-13-25-20-16(14)9-7-10-17(20)22-26-23(30-27-22)15-11-18(24)21(29-6-3)19(12-15)28-5-2/h7,9-13,25H,4-6,8H2,1-3H3. The van der Waals surface area contributed by atoms with Crippen LogP contribution in [0.15, 0.2) is 41.1 Å². The molecular weight excluding hydrogens is 493 g/mol. The Kier molecular flexibility index (Phi) is 6.26. The van der Waals surface area contributed by atoms with Gasteiger partial charge in [0.15, 0.2) is 11.5 Å². The van der Waals surface area contributed by atoms with E-state index in [0.717, 1.165) is 38.8 Å². The van der Waals surface area contributed by atoms with Crippen LogP contribution in [0.5, 0.6) is 11.5 Å². The van der Waals surface area contributed by atoms with E-state index in [1.807, 2.05) is 38.1 Å². The summed E-state index contributed by atoms with van der Waals surface area (Å²) in [5.41, 5.74) is 4.07. The van der Waals surface area contributed by atoms with Crippen molar-refractivity contribution < 1.29 is 14.0 Å². The second-order valence-corrected chi connectivity index (χ2v) is 8.03. The Hall–Kier alpha value is -2.55. The summed E-state index contributed by atoms with van der Waals surface area (Å²) >= 11 is 2.24. The van der Waals surface area contributed by atoms with E-state index in [1.165, 1.54) is 10.9 Å². The van der Waals surface area contributed by atoms with Crippen LogP contribution in [0.1, 0.15) is 32.8 Å². The Balaban J connectivity index is 1.74. The van der Waals surface area contributed by atoms with Crippen molar-refractivity contribution in [3.8, 4) is 34.3 Å². The molecule has 0 atom stereocenters. The normalized spacial score (nSPS) is 11.2. The van der Waals surface area contributed by atoms with Gasteiger partial charge in [0.1, 0.15) is 0 Å². The molecule has 0 radical (unpaired) electrons. The molecule has 4 aromatic rings. The fraction of sp³-hybridized carbons (Fsp3) is 0.304. The van der Waals surface area contributed by atoms with Gasteiger partial charge in [-0.25, -0.2) is 0 Å². The van der Waals surface area contributed by atoms with Gasteiger partial charge < -0.3 is 19.0 Å². The molecule has 4 rings (SSSR count). The summed E-state index contributed by atoms with van der Waals surface area (Å²) in [6.45, 7) is 7.20. The third-order valence-electron chi connectivity index (χ3n) is 4.83. The number of fused-ring (bicyclic) bond motifs is 1. The number of hydrogen-bond donors (Lipinski definition) is 1. The lowest BCUT2D eigenvalue weighted by atomic mass is 10.1. The first-order chi connectivity index (χ1) is 14.7. The van der Waals surface area contributed by atoms with Gasteiger partial charge in [-0.15, -0.1) is 0 Å². The first-order valence-electron chi connectivity index (χ1n) is 10.2. The molecule has 2 heterocycles. The van der Waals surface area contributed by atoms with E-state index in [4.69, 9.17) is 14.0 Å². The second-order valence-electron chi connectivity index (χ2n) is 6.87. The maximum atomic E-state index is 5.78. The van der Waals surface area contributed by atoms with Gasteiger partial charge in [0.25, 0.3) is 5.89 Å².